The number of halogens is 1. The number of aromatic nitrogens is 2. The van der Waals surface area contributed by atoms with E-state index in [1.165, 1.54) is 0 Å². The summed E-state index contributed by atoms with van der Waals surface area (Å²) in [6.45, 7) is 6.21. The Balaban J connectivity index is 2.05. The van der Waals surface area contributed by atoms with Crippen LogP contribution in [-0.4, -0.2) is 36.0 Å². The number of rotatable bonds is 3. The monoisotopic (exact) mass is 245 g/mol. The van der Waals surface area contributed by atoms with Crippen molar-refractivity contribution in [2.45, 2.75) is 31.7 Å². The summed E-state index contributed by atoms with van der Waals surface area (Å²) in [4.78, 5) is 2.05. The number of ether oxygens (including phenoxy) is 1. The maximum absolute atomic E-state index is 5.87. The van der Waals surface area contributed by atoms with Gasteiger partial charge in [-0.3, -0.25) is 0 Å². The second-order valence-electron chi connectivity index (χ2n) is 3.89. The largest absolute Gasteiger partial charge is 0.406 e. The normalized spacial score (nSPS) is 23.4. The lowest BCUT2D eigenvalue weighted by Crippen LogP contribution is -2.42. The molecule has 16 heavy (non-hydrogen) atoms. The van der Waals surface area contributed by atoms with Crippen molar-refractivity contribution in [2.75, 3.05) is 24.6 Å². The first-order valence-electron chi connectivity index (χ1n) is 5.54. The third kappa shape index (κ3) is 2.47. The summed E-state index contributed by atoms with van der Waals surface area (Å²) in [5.41, 5.74) is 0. The number of morpholine rings is 1. The maximum atomic E-state index is 5.87. The van der Waals surface area contributed by atoms with Crippen LogP contribution in [0, 0.1) is 0 Å². The zero-order chi connectivity index (χ0) is 11.5. The van der Waals surface area contributed by atoms with E-state index in [0.29, 0.717) is 18.5 Å². The van der Waals surface area contributed by atoms with Gasteiger partial charge in [0.15, 0.2) is 0 Å². The minimum absolute atomic E-state index is 0.246. The molecule has 0 radical (unpaired) electrons. The molecule has 5 nitrogen and oxygen atoms in total. The Morgan fingerprint density at radius 3 is 3.00 bits per heavy atom. The minimum atomic E-state index is -0.246. The lowest BCUT2D eigenvalue weighted by atomic mass is 10.2. The van der Waals surface area contributed by atoms with Gasteiger partial charge >= 0.3 is 6.01 Å². The van der Waals surface area contributed by atoms with Crippen LogP contribution in [0.2, 0.25) is 0 Å². The molecular formula is C10H16ClN3O2. The molecule has 0 spiro atoms. The van der Waals surface area contributed by atoms with Crippen molar-refractivity contribution < 1.29 is 9.15 Å². The first-order chi connectivity index (χ1) is 7.70. The number of hydrogen-bond acceptors (Lipinski definition) is 5. The van der Waals surface area contributed by atoms with Crippen molar-refractivity contribution >= 4 is 17.6 Å². The van der Waals surface area contributed by atoms with Crippen LogP contribution in [0.25, 0.3) is 0 Å². The van der Waals surface area contributed by atoms with Crippen LogP contribution in [0.15, 0.2) is 4.42 Å². The Kier molecular flexibility index (Phi) is 3.66. The van der Waals surface area contributed by atoms with Gasteiger partial charge in [-0.1, -0.05) is 12.0 Å². The first kappa shape index (κ1) is 11.7. The Labute approximate surface area is 99.7 Å². The van der Waals surface area contributed by atoms with Gasteiger partial charge in [0.05, 0.1) is 12.7 Å². The summed E-state index contributed by atoms with van der Waals surface area (Å²) in [6, 6.07) is 0.546. The van der Waals surface area contributed by atoms with E-state index in [1.54, 1.807) is 0 Å². The summed E-state index contributed by atoms with van der Waals surface area (Å²) in [7, 11) is 0. The average Bonchev–Trinajstić information content (AvgIpc) is 2.78. The minimum Gasteiger partial charge on any atom is -0.406 e. The van der Waals surface area contributed by atoms with E-state index in [9.17, 15) is 0 Å². The highest BCUT2D eigenvalue weighted by molar-refractivity contribution is 6.20. The molecule has 6 heteroatoms. The van der Waals surface area contributed by atoms with Crippen molar-refractivity contribution in [1.29, 1.82) is 0 Å². The van der Waals surface area contributed by atoms with Crippen LogP contribution >= 0.6 is 11.6 Å². The molecule has 0 saturated carbocycles. The molecule has 0 aliphatic carbocycles. The maximum Gasteiger partial charge on any atom is 0.318 e. The van der Waals surface area contributed by atoms with E-state index in [4.69, 9.17) is 20.8 Å². The predicted octanol–water partition coefficient (Wildman–Crippen LogP) is 1.98. The van der Waals surface area contributed by atoms with Crippen LogP contribution in [-0.2, 0) is 4.74 Å². The Morgan fingerprint density at radius 2 is 2.38 bits per heavy atom. The molecule has 1 aliphatic heterocycles. The van der Waals surface area contributed by atoms with Gasteiger partial charge in [0, 0.05) is 13.1 Å². The topological polar surface area (TPSA) is 51.4 Å². The summed E-state index contributed by atoms with van der Waals surface area (Å²) in [5, 5.41) is 7.66. The molecule has 1 aromatic heterocycles. The lowest BCUT2D eigenvalue weighted by Gasteiger charge is -2.30. The Bertz CT molecular complexity index is 343. The van der Waals surface area contributed by atoms with Crippen molar-refractivity contribution in [3.8, 4) is 0 Å². The fourth-order valence-corrected chi connectivity index (χ4v) is 1.74. The predicted molar refractivity (Wildman–Crippen MR) is 60.8 cm³/mol. The standard InChI is InChI=1S/C10H16ClN3O2/c1-3-8-6-14(4-5-15-8)10-13-12-9(16-10)7(2)11/h7-8H,3-6H2,1-2H3. The molecule has 0 bridgehead atoms. The zero-order valence-electron chi connectivity index (χ0n) is 9.52. The number of hydrogen-bond donors (Lipinski definition) is 0. The van der Waals surface area contributed by atoms with Gasteiger partial charge in [-0.25, -0.2) is 0 Å². The van der Waals surface area contributed by atoms with E-state index in [-0.39, 0.29) is 11.5 Å². The van der Waals surface area contributed by atoms with Crippen LogP contribution in [0.4, 0.5) is 6.01 Å². The molecule has 2 unspecified atom stereocenters. The fourth-order valence-electron chi connectivity index (χ4n) is 1.66. The van der Waals surface area contributed by atoms with E-state index in [0.717, 1.165) is 19.5 Å². The van der Waals surface area contributed by atoms with Crippen LogP contribution in [0.3, 0.4) is 0 Å². The summed E-state index contributed by atoms with van der Waals surface area (Å²) < 4.78 is 11.1. The summed E-state index contributed by atoms with van der Waals surface area (Å²) >= 11 is 5.87. The number of anilines is 1. The van der Waals surface area contributed by atoms with Gasteiger partial charge in [-0.2, -0.15) is 0 Å². The van der Waals surface area contributed by atoms with Gasteiger partial charge < -0.3 is 14.1 Å². The fraction of sp³-hybridized carbons (Fsp3) is 0.800. The van der Waals surface area contributed by atoms with Crippen LogP contribution in [0.5, 0.6) is 0 Å². The molecule has 1 saturated heterocycles. The second-order valence-corrected chi connectivity index (χ2v) is 4.54. The van der Waals surface area contributed by atoms with E-state index < -0.39 is 0 Å². The average molecular weight is 246 g/mol. The number of nitrogens with zero attached hydrogens (tertiary/aromatic N) is 3. The molecule has 0 aromatic carbocycles. The summed E-state index contributed by atoms with van der Waals surface area (Å²) in [6.07, 6.45) is 1.24. The molecule has 1 aliphatic rings. The highest BCUT2D eigenvalue weighted by atomic mass is 35.5. The molecule has 2 heterocycles. The SMILES string of the molecule is CCC1CN(c2nnc(C(C)Cl)o2)CCO1. The molecule has 90 valence electrons. The van der Waals surface area contributed by atoms with Gasteiger partial charge in [-0.05, 0) is 13.3 Å². The van der Waals surface area contributed by atoms with Gasteiger partial charge in [0.25, 0.3) is 0 Å². The van der Waals surface area contributed by atoms with Gasteiger partial charge in [0.1, 0.15) is 5.38 Å². The highest BCUT2D eigenvalue weighted by Crippen LogP contribution is 2.23. The molecule has 2 atom stereocenters. The summed E-state index contributed by atoms with van der Waals surface area (Å²) in [5.74, 6) is 0.469. The lowest BCUT2D eigenvalue weighted by molar-refractivity contribution is 0.0366. The first-order valence-corrected chi connectivity index (χ1v) is 5.98. The van der Waals surface area contributed by atoms with Crippen LogP contribution in [0.1, 0.15) is 31.5 Å². The smallest absolute Gasteiger partial charge is 0.318 e. The van der Waals surface area contributed by atoms with Gasteiger partial charge in [-0.15, -0.1) is 16.7 Å². The van der Waals surface area contributed by atoms with E-state index >= 15 is 0 Å². The molecular weight excluding hydrogens is 230 g/mol. The van der Waals surface area contributed by atoms with Gasteiger partial charge in [0.2, 0.25) is 5.89 Å². The molecule has 0 N–H and O–H groups in total. The second kappa shape index (κ2) is 5.01. The third-order valence-corrected chi connectivity index (χ3v) is 2.82. The highest BCUT2D eigenvalue weighted by Gasteiger charge is 2.23. The molecule has 0 amide bonds. The Hall–Kier alpha value is -0.810. The molecule has 1 aromatic rings. The van der Waals surface area contributed by atoms with Crippen molar-refractivity contribution in [3.63, 3.8) is 0 Å². The van der Waals surface area contributed by atoms with Crippen molar-refractivity contribution in [1.82, 2.24) is 10.2 Å². The quantitative estimate of drug-likeness (QED) is 0.763. The molecule has 2 rings (SSSR count). The van der Waals surface area contributed by atoms with E-state index in [2.05, 4.69) is 17.1 Å². The molecule has 1 fully saturated rings. The van der Waals surface area contributed by atoms with Crippen LogP contribution < -0.4 is 4.90 Å². The number of alkyl halides is 1. The zero-order valence-corrected chi connectivity index (χ0v) is 10.3. The third-order valence-electron chi connectivity index (χ3n) is 2.63. The van der Waals surface area contributed by atoms with Crippen molar-refractivity contribution in [2.24, 2.45) is 0 Å². The van der Waals surface area contributed by atoms with E-state index in [1.807, 2.05) is 11.8 Å². The van der Waals surface area contributed by atoms with Crippen molar-refractivity contribution in [3.05, 3.63) is 5.89 Å². The Morgan fingerprint density at radius 1 is 1.56 bits per heavy atom.